The van der Waals surface area contributed by atoms with Crippen LogP contribution in [0, 0.1) is 4.64 Å². The van der Waals surface area contributed by atoms with Crippen molar-refractivity contribution in [2.75, 3.05) is 6.61 Å². The van der Waals surface area contributed by atoms with Crippen LogP contribution < -0.4 is 5.69 Å². The first-order valence-electron chi connectivity index (χ1n) is 5.37. The maximum absolute atomic E-state index is 11.7. The number of rotatable bonds is 3. The fourth-order valence-electron chi connectivity index (χ4n) is 1.88. The summed E-state index contributed by atoms with van der Waals surface area (Å²) in [5.74, 6) is 0. The molecule has 2 rings (SSSR count). The molecule has 0 aromatic carbocycles. The smallest absolute Gasteiger partial charge is 0.328 e. The highest BCUT2D eigenvalue weighted by atomic mass is 32.1. The van der Waals surface area contributed by atoms with Crippen molar-refractivity contribution in [1.82, 2.24) is 9.55 Å². The largest absolute Gasteiger partial charge is 0.394 e. The summed E-state index contributed by atoms with van der Waals surface area (Å²) in [7, 11) is 0. The molecule has 1 fully saturated rings. The Labute approximate surface area is 102 Å². The van der Waals surface area contributed by atoms with Crippen LogP contribution in [-0.2, 0) is 11.3 Å². The molecule has 0 aliphatic carbocycles. The van der Waals surface area contributed by atoms with Gasteiger partial charge in [0.25, 0.3) is 0 Å². The van der Waals surface area contributed by atoms with Crippen LogP contribution in [0.3, 0.4) is 0 Å². The maximum atomic E-state index is 11.7. The highest BCUT2D eigenvalue weighted by Gasteiger charge is 2.26. The number of nitrogens with one attached hydrogen (secondary N) is 1. The number of aromatic nitrogens is 2. The zero-order valence-corrected chi connectivity index (χ0v) is 9.94. The van der Waals surface area contributed by atoms with E-state index in [9.17, 15) is 4.79 Å². The molecule has 6 nitrogen and oxygen atoms in total. The van der Waals surface area contributed by atoms with Crippen molar-refractivity contribution in [2.45, 2.75) is 31.8 Å². The van der Waals surface area contributed by atoms with Gasteiger partial charge in [-0.1, -0.05) is 12.2 Å². The normalized spacial score (nSPS) is 24.1. The molecule has 7 heteroatoms. The molecule has 17 heavy (non-hydrogen) atoms. The first-order chi connectivity index (χ1) is 8.15. The van der Waals surface area contributed by atoms with E-state index in [1.54, 1.807) is 0 Å². The molecule has 1 aliphatic rings. The summed E-state index contributed by atoms with van der Waals surface area (Å²) in [5, 5.41) is 18.1. The van der Waals surface area contributed by atoms with Crippen LogP contribution in [0.25, 0.3) is 0 Å². The number of aliphatic hydroxyl groups excluding tert-OH is 2. The Morgan fingerprint density at radius 2 is 2.29 bits per heavy atom. The van der Waals surface area contributed by atoms with Crippen LogP contribution >= 0.6 is 12.2 Å². The zero-order valence-electron chi connectivity index (χ0n) is 9.13. The lowest BCUT2D eigenvalue weighted by atomic mass is 10.2. The molecule has 0 bridgehead atoms. The van der Waals surface area contributed by atoms with Crippen molar-refractivity contribution < 1.29 is 14.9 Å². The summed E-state index contributed by atoms with van der Waals surface area (Å²) in [4.78, 5) is 14.2. The topological polar surface area (TPSA) is 87.5 Å². The SMILES string of the molecule is O=c1[nH]c(=S)c(CO)cn1C1CCC(CO)O1. The summed E-state index contributed by atoms with van der Waals surface area (Å²) in [6, 6.07) is 0. The van der Waals surface area contributed by atoms with E-state index in [1.807, 2.05) is 0 Å². The molecule has 0 radical (unpaired) electrons. The van der Waals surface area contributed by atoms with Crippen LogP contribution in [0.1, 0.15) is 24.6 Å². The lowest BCUT2D eigenvalue weighted by Gasteiger charge is -2.15. The van der Waals surface area contributed by atoms with Crippen LogP contribution in [0.5, 0.6) is 0 Å². The zero-order chi connectivity index (χ0) is 12.4. The number of H-pyrrole nitrogens is 1. The van der Waals surface area contributed by atoms with Gasteiger partial charge in [-0.25, -0.2) is 4.79 Å². The van der Waals surface area contributed by atoms with Gasteiger partial charge in [0.05, 0.1) is 19.3 Å². The fraction of sp³-hybridized carbons (Fsp3) is 0.600. The summed E-state index contributed by atoms with van der Waals surface area (Å²) in [6.07, 6.45) is 2.23. The molecule has 0 amide bonds. The van der Waals surface area contributed by atoms with E-state index in [0.717, 1.165) is 0 Å². The Balaban J connectivity index is 2.33. The second-order valence-corrected chi connectivity index (χ2v) is 4.36. The van der Waals surface area contributed by atoms with Crippen LogP contribution in [0.4, 0.5) is 0 Å². The third-order valence-electron chi connectivity index (χ3n) is 2.81. The quantitative estimate of drug-likeness (QED) is 0.668. The number of ether oxygens (including phenoxy) is 1. The summed E-state index contributed by atoms with van der Waals surface area (Å²) >= 11 is 4.91. The molecule has 2 heterocycles. The van der Waals surface area contributed by atoms with Crippen LogP contribution in [0.2, 0.25) is 0 Å². The summed E-state index contributed by atoms with van der Waals surface area (Å²) in [5.41, 5.74) is 0.117. The second kappa shape index (κ2) is 5.09. The van der Waals surface area contributed by atoms with Gasteiger partial charge in [0.2, 0.25) is 0 Å². The minimum Gasteiger partial charge on any atom is -0.394 e. The van der Waals surface area contributed by atoms with Gasteiger partial charge in [0, 0.05) is 11.8 Å². The lowest BCUT2D eigenvalue weighted by Crippen LogP contribution is -2.28. The molecule has 1 aromatic rings. The van der Waals surface area contributed by atoms with E-state index in [-0.39, 0.29) is 29.6 Å². The van der Waals surface area contributed by atoms with Crippen LogP contribution in [-0.4, -0.2) is 32.5 Å². The third-order valence-corrected chi connectivity index (χ3v) is 3.18. The van der Waals surface area contributed by atoms with Crippen molar-refractivity contribution in [1.29, 1.82) is 0 Å². The number of aliphatic hydroxyl groups is 2. The van der Waals surface area contributed by atoms with Gasteiger partial charge in [-0.05, 0) is 12.8 Å². The molecule has 2 atom stereocenters. The van der Waals surface area contributed by atoms with E-state index < -0.39 is 6.23 Å². The lowest BCUT2D eigenvalue weighted by molar-refractivity contribution is -0.0248. The van der Waals surface area contributed by atoms with Gasteiger partial charge >= 0.3 is 5.69 Å². The van der Waals surface area contributed by atoms with E-state index in [0.29, 0.717) is 18.4 Å². The molecular formula is C10H14N2O4S. The van der Waals surface area contributed by atoms with Gasteiger partial charge in [-0.2, -0.15) is 0 Å². The highest BCUT2D eigenvalue weighted by molar-refractivity contribution is 7.71. The number of aromatic amines is 1. The van der Waals surface area contributed by atoms with E-state index >= 15 is 0 Å². The van der Waals surface area contributed by atoms with E-state index in [1.165, 1.54) is 10.8 Å². The predicted molar refractivity (Wildman–Crippen MR) is 62.0 cm³/mol. The molecular weight excluding hydrogens is 244 g/mol. The van der Waals surface area contributed by atoms with Crippen molar-refractivity contribution in [3.05, 3.63) is 26.9 Å². The average Bonchev–Trinajstić information content (AvgIpc) is 2.78. The first-order valence-corrected chi connectivity index (χ1v) is 5.78. The van der Waals surface area contributed by atoms with Crippen molar-refractivity contribution in [2.24, 2.45) is 0 Å². The van der Waals surface area contributed by atoms with Crippen molar-refractivity contribution in [3.8, 4) is 0 Å². The summed E-state index contributed by atoms with van der Waals surface area (Å²) < 4.78 is 7.11. The standard InChI is InChI=1S/C10H14N2O4S/c13-4-6-3-12(10(15)11-9(6)17)8-2-1-7(5-14)16-8/h3,7-8,13-14H,1-2,4-5H2,(H,11,15,17). The average molecular weight is 258 g/mol. The van der Waals surface area contributed by atoms with Crippen LogP contribution in [0.15, 0.2) is 11.0 Å². The molecule has 3 N–H and O–H groups in total. The molecule has 0 spiro atoms. The first kappa shape index (κ1) is 12.4. The number of nitrogens with zero attached hydrogens (tertiary/aromatic N) is 1. The van der Waals surface area contributed by atoms with E-state index in [4.69, 9.17) is 27.2 Å². The Kier molecular flexibility index (Phi) is 3.72. The second-order valence-electron chi connectivity index (χ2n) is 3.95. The maximum Gasteiger partial charge on any atom is 0.328 e. The molecule has 1 aliphatic heterocycles. The molecule has 0 saturated carbocycles. The molecule has 2 unspecified atom stereocenters. The fourth-order valence-corrected chi connectivity index (χ4v) is 2.08. The minimum atomic E-state index is -0.406. The van der Waals surface area contributed by atoms with Gasteiger partial charge in [-0.3, -0.25) is 9.55 Å². The van der Waals surface area contributed by atoms with Gasteiger partial charge < -0.3 is 14.9 Å². The van der Waals surface area contributed by atoms with E-state index in [2.05, 4.69) is 4.98 Å². The monoisotopic (exact) mass is 258 g/mol. The minimum absolute atomic E-state index is 0.0546. The Morgan fingerprint density at radius 1 is 1.53 bits per heavy atom. The Morgan fingerprint density at radius 3 is 2.88 bits per heavy atom. The third kappa shape index (κ3) is 2.47. The summed E-state index contributed by atoms with van der Waals surface area (Å²) in [6.45, 7) is -0.285. The van der Waals surface area contributed by atoms with Gasteiger partial charge in [0.1, 0.15) is 10.9 Å². The van der Waals surface area contributed by atoms with Crippen molar-refractivity contribution >= 4 is 12.2 Å². The Bertz CT molecular complexity index is 510. The molecule has 1 aromatic heterocycles. The van der Waals surface area contributed by atoms with Gasteiger partial charge in [-0.15, -0.1) is 0 Å². The molecule has 1 saturated heterocycles. The van der Waals surface area contributed by atoms with Crippen molar-refractivity contribution in [3.63, 3.8) is 0 Å². The van der Waals surface area contributed by atoms with Gasteiger partial charge in [0.15, 0.2) is 0 Å². The number of hydrogen-bond donors (Lipinski definition) is 3. The number of hydrogen-bond acceptors (Lipinski definition) is 5. The highest BCUT2D eigenvalue weighted by Crippen LogP contribution is 2.26. The Hall–Kier alpha value is -1.02. The molecule has 94 valence electrons. The predicted octanol–water partition coefficient (Wildman–Crippen LogP) is 0.0681.